The summed E-state index contributed by atoms with van der Waals surface area (Å²) in [5.74, 6) is 0. The Hall–Kier alpha value is -0.910. The van der Waals surface area contributed by atoms with Crippen LogP contribution in [0.3, 0.4) is 0 Å². The second-order valence-electron chi connectivity index (χ2n) is 6.60. The highest BCUT2D eigenvalue weighted by Crippen LogP contribution is 2.20. The third kappa shape index (κ3) is 5.77. The van der Waals surface area contributed by atoms with Gasteiger partial charge in [-0.15, -0.1) is 0 Å². The van der Waals surface area contributed by atoms with Crippen LogP contribution in [0.15, 0.2) is 23.1 Å². The van der Waals surface area contributed by atoms with Crippen molar-refractivity contribution in [1.82, 2.24) is 10.0 Å². The Morgan fingerprint density at radius 2 is 1.86 bits per heavy atom. The molecule has 0 spiro atoms. The van der Waals surface area contributed by atoms with Crippen LogP contribution in [-0.4, -0.2) is 21.5 Å². The van der Waals surface area contributed by atoms with Gasteiger partial charge in [0.25, 0.3) is 0 Å². The first-order chi connectivity index (χ1) is 9.67. The van der Waals surface area contributed by atoms with E-state index in [-0.39, 0.29) is 5.41 Å². The maximum Gasteiger partial charge on any atom is 0.240 e. The smallest absolute Gasteiger partial charge is 0.240 e. The highest BCUT2D eigenvalue weighted by Gasteiger charge is 2.21. The first-order valence-corrected chi connectivity index (χ1v) is 8.94. The van der Waals surface area contributed by atoms with Crippen molar-refractivity contribution in [3.63, 3.8) is 0 Å². The predicted octanol–water partition coefficient (Wildman–Crippen LogP) is 2.82. The Labute approximate surface area is 129 Å². The van der Waals surface area contributed by atoms with Crippen molar-refractivity contribution in [1.29, 1.82) is 0 Å². The van der Waals surface area contributed by atoms with E-state index in [0.29, 0.717) is 18.0 Å². The molecule has 0 aliphatic rings. The van der Waals surface area contributed by atoms with Crippen molar-refractivity contribution >= 4 is 10.0 Å². The monoisotopic (exact) mass is 312 g/mol. The third-order valence-electron chi connectivity index (χ3n) is 3.22. The van der Waals surface area contributed by atoms with Crippen LogP contribution in [0, 0.1) is 12.3 Å². The van der Waals surface area contributed by atoms with E-state index in [2.05, 4.69) is 17.0 Å². The van der Waals surface area contributed by atoms with E-state index < -0.39 is 10.0 Å². The summed E-state index contributed by atoms with van der Waals surface area (Å²) in [6.07, 6.45) is 1.06. The normalized spacial score (nSPS) is 12.6. The first kappa shape index (κ1) is 18.1. The molecule has 5 heteroatoms. The molecule has 1 aromatic carbocycles. The van der Waals surface area contributed by atoms with Gasteiger partial charge in [-0.3, -0.25) is 0 Å². The van der Waals surface area contributed by atoms with Gasteiger partial charge in [0.2, 0.25) is 10.0 Å². The van der Waals surface area contributed by atoms with Crippen LogP contribution < -0.4 is 10.0 Å². The molecular weight excluding hydrogens is 284 g/mol. The van der Waals surface area contributed by atoms with Crippen LogP contribution in [0.1, 0.15) is 45.2 Å². The zero-order chi connectivity index (χ0) is 16.1. The minimum atomic E-state index is -3.46. The fraction of sp³-hybridized carbons (Fsp3) is 0.625. The number of nitrogens with one attached hydrogen (secondary N) is 2. The van der Waals surface area contributed by atoms with E-state index in [0.717, 1.165) is 24.1 Å². The van der Waals surface area contributed by atoms with E-state index in [1.807, 2.05) is 39.8 Å². The summed E-state index contributed by atoms with van der Waals surface area (Å²) in [6, 6.07) is 5.45. The molecule has 2 N–H and O–H groups in total. The molecular formula is C16H28N2O2S. The van der Waals surface area contributed by atoms with Crippen molar-refractivity contribution in [3.8, 4) is 0 Å². The van der Waals surface area contributed by atoms with Gasteiger partial charge in [0.15, 0.2) is 0 Å². The van der Waals surface area contributed by atoms with Gasteiger partial charge in [0.05, 0.1) is 4.90 Å². The standard InChI is InChI=1S/C16H28N2O2S/c1-6-10-17-11-14-8-7-9-15(13(14)2)21(19,20)18-12-16(3,4)5/h7-9,17-18H,6,10-12H2,1-5H3. The molecule has 0 aliphatic heterocycles. The lowest BCUT2D eigenvalue weighted by molar-refractivity contribution is 0.407. The summed E-state index contributed by atoms with van der Waals surface area (Å²) in [6.45, 7) is 12.0. The van der Waals surface area contributed by atoms with Gasteiger partial charge in [-0.1, -0.05) is 39.8 Å². The number of sulfonamides is 1. The molecule has 0 radical (unpaired) electrons. The minimum absolute atomic E-state index is 0.0821. The van der Waals surface area contributed by atoms with Gasteiger partial charge >= 0.3 is 0 Å². The number of hydrogen-bond donors (Lipinski definition) is 2. The largest absolute Gasteiger partial charge is 0.313 e. The molecule has 4 nitrogen and oxygen atoms in total. The van der Waals surface area contributed by atoms with Crippen LogP contribution in [0.5, 0.6) is 0 Å². The summed E-state index contributed by atoms with van der Waals surface area (Å²) >= 11 is 0. The van der Waals surface area contributed by atoms with Gasteiger partial charge in [-0.25, -0.2) is 13.1 Å². The molecule has 0 fully saturated rings. The first-order valence-electron chi connectivity index (χ1n) is 7.46. The van der Waals surface area contributed by atoms with Crippen LogP contribution in [0.2, 0.25) is 0 Å². The SMILES string of the molecule is CCCNCc1cccc(S(=O)(=O)NCC(C)(C)C)c1C. The number of hydrogen-bond acceptors (Lipinski definition) is 3. The molecule has 1 aromatic rings. The third-order valence-corrected chi connectivity index (χ3v) is 4.77. The Kier molecular flexibility index (Phi) is 6.38. The highest BCUT2D eigenvalue weighted by atomic mass is 32.2. The fourth-order valence-electron chi connectivity index (χ4n) is 1.93. The zero-order valence-electron chi connectivity index (χ0n) is 13.8. The molecule has 120 valence electrons. The van der Waals surface area contributed by atoms with Gasteiger partial charge < -0.3 is 5.32 Å². The molecule has 0 aliphatic carbocycles. The minimum Gasteiger partial charge on any atom is -0.313 e. The maximum atomic E-state index is 12.5. The van der Waals surface area contributed by atoms with Crippen LogP contribution in [-0.2, 0) is 16.6 Å². The lowest BCUT2D eigenvalue weighted by atomic mass is 9.98. The lowest BCUT2D eigenvalue weighted by Gasteiger charge is -2.20. The Morgan fingerprint density at radius 3 is 2.43 bits per heavy atom. The van der Waals surface area contributed by atoms with E-state index >= 15 is 0 Å². The number of rotatable bonds is 7. The fourth-order valence-corrected chi connectivity index (χ4v) is 3.50. The Balaban J connectivity index is 2.94. The van der Waals surface area contributed by atoms with Crippen molar-refractivity contribution < 1.29 is 8.42 Å². The summed E-state index contributed by atoms with van der Waals surface area (Å²) in [4.78, 5) is 0.377. The molecule has 0 saturated carbocycles. The average Bonchev–Trinajstić information content (AvgIpc) is 2.38. The summed E-state index contributed by atoms with van der Waals surface area (Å²) in [5, 5.41) is 3.31. The predicted molar refractivity (Wildman–Crippen MR) is 87.8 cm³/mol. The second kappa shape index (κ2) is 7.38. The number of benzene rings is 1. The quantitative estimate of drug-likeness (QED) is 0.761. The van der Waals surface area contributed by atoms with Crippen molar-refractivity contribution in [2.45, 2.75) is 52.5 Å². The second-order valence-corrected chi connectivity index (χ2v) is 8.34. The highest BCUT2D eigenvalue weighted by molar-refractivity contribution is 7.89. The summed E-state index contributed by atoms with van der Waals surface area (Å²) in [7, 11) is -3.46. The van der Waals surface area contributed by atoms with Gasteiger partial charge in [0.1, 0.15) is 0 Å². The van der Waals surface area contributed by atoms with Crippen molar-refractivity contribution in [3.05, 3.63) is 29.3 Å². The molecule has 0 bridgehead atoms. The van der Waals surface area contributed by atoms with E-state index in [1.165, 1.54) is 0 Å². The summed E-state index contributed by atoms with van der Waals surface area (Å²) < 4.78 is 27.6. The van der Waals surface area contributed by atoms with E-state index in [4.69, 9.17) is 0 Å². The maximum absolute atomic E-state index is 12.5. The molecule has 0 unspecified atom stereocenters. The molecule has 0 aromatic heterocycles. The molecule has 0 heterocycles. The lowest BCUT2D eigenvalue weighted by Crippen LogP contribution is -2.32. The van der Waals surface area contributed by atoms with Crippen LogP contribution >= 0.6 is 0 Å². The van der Waals surface area contributed by atoms with Crippen LogP contribution in [0.25, 0.3) is 0 Å². The van der Waals surface area contributed by atoms with Gasteiger partial charge in [0, 0.05) is 13.1 Å². The topological polar surface area (TPSA) is 58.2 Å². The molecule has 21 heavy (non-hydrogen) atoms. The van der Waals surface area contributed by atoms with Gasteiger partial charge in [-0.2, -0.15) is 0 Å². The molecule has 0 amide bonds. The van der Waals surface area contributed by atoms with Crippen LogP contribution in [0.4, 0.5) is 0 Å². The summed E-state index contributed by atoms with van der Waals surface area (Å²) in [5.41, 5.74) is 1.77. The molecule has 1 rings (SSSR count). The zero-order valence-corrected chi connectivity index (χ0v) is 14.6. The van der Waals surface area contributed by atoms with Gasteiger partial charge in [-0.05, 0) is 42.5 Å². The molecule has 0 saturated heterocycles. The van der Waals surface area contributed by atoms with E-state index in [1.54, 1.807) is 6.07 Å². The van der Waals surface area contributed by atoms with Crippen molar-refractivity contribution in [2.24, 2.45) is 5.41 Å². The molecule has 0 atom stereocenters. The Morgan fingerprint density at radius 1 is 1.19 bits per heavy atom. The van der Waals surface area contributed by atoms with E-state index in [9.17, 15) is 8.42 Å². The van der Waals surface area contributed by atoms with Crippen molar-refractivity contribution in [2.75, 3.05) is 13.1 Å². The average molecular weight is 312 g/mol. The Bertz CT molecular complexity index is 560.